The maximum absolute atomic E-state index is 13.8. The molecule has 0 saturated heterocycles. The third-order valence-corrected chi connectivity index (χ3v) is 5.75. The first-order chi connectivity index (χ1) is 12.2. The standard InChI is InChI=1S/C18H21FN2O4S/c1-12(14-7-10-17(25-4)16(19)11-14)20-18(22)13-5-8-15(9-6-13)26(23,24)21(2)3/h5-12H,1-4H3,(H,20,22). The number of hydrogen-bond acceptors (Lipinski definition) is 4. The van der Waals surface area contributed by atoms with E-state index < -0.39 is 21.9 Å². The molecule has 8 heteroatoms. The van der Waals surface area contributed by atoms with E-state index in [0.29, 0.717) is 11.1 Å². The van der Waals surface area contributed by atoms with E-state index >= 15 is 0 Å². The highest BCUT2D eigenvalue weighted by Gasteiger charge is 2.18. The smallest absolute Gasteiger partial charge is 0.251 e. The van der Waals surface area contributed by atoms with Gasteiger partial charge in [0.25, 0.3) is 5.91 Å². The number of hydrogen-bond donors (Lipinski definition) is 1. The number of methoxy groups -OCH3 is 1. The van der Waals surface area contributed by atoms with Crippen molar-refractivity contribution in [2.24, 2.45) is 0 Å². The molecule has 1 unspecified atom stereocenters. The summed E-state index contributed by atoms with van der Waals surface area (Å²) in [6.45, 7) is 1.73. The highest BCUT2D eigenvalue weighted by molar-refractivity contribution is 7.89. The van der Waals surface area contributed by atoms with Crippen molar-refractivity contribution < 1.29 is 22.3 Å². The number of halogens is 1. The lowest BCUT2D eigenvalue weighted by atomic mass is 10.1. The van der Waals surface area contributed by atoms with Crippen LogP contribution in [0.25, 0.3) is 0 Å². The Morgan fingerprint density at radius 2 is 1.77 bits per heavy atom. The third kappa shape index (κ3) is 4.20. The number of amides is 1. The number of benzene rings is 2. The van der Waals surface area contributed by atoms with Crippen LogP contribution in [0, 0.1) is 5.82 Å². The van der Waals surface area contributed by atoms with Crippen molar-refractivity contribution in [1.82, 2.24) is 9.62 Å². The second-order valence-electron chi connectivity index (χ2n) is 5.90. The normalized spacial score (nSPS) is 12.7. The van der Waals surface area contributed by atoms with Crippen LogP contribution in [0.3, 0.4) is 0 Å². The number of carbonyl (C=O) groups excluding carboxylic acids is 1. The third-order valence-electron chi connectivity index (χ3n) is 3.92. The van der Waals surface area contributed by atoms with Crippen LogP contribution < -0.4 is 10.1 Å². The Hall–Kier alpha value is -2.45. The lowest BCUT2D eigenvalue weighted by Crippen LogP contribution is -2.27. The number of ether oxygens (including phenoxy) is 1. The Labute approximate surface area is 152 Å². The van der Waals surface area contributed by atoms with Gasteiger partial charge in [-0.1, -0.05) is 6.07 Å². The summed E-state index contributed by atoms with van der Waals surface area (Å²) in [6.07, 6.45) is 0. The fraction of sp³-hybridized carbons (Fsp3) is 0.278. The molecule has 0 aliphatic carbocycles. The number of sulfonamides is 1. The van der Waals surface area contributed by atoms with Gasteiger partial charge in [0.2, 0.25) is 10.0 Å². The molecule has 0 aromatic heterocycles. The summed E-state index contributed by atoms with van der Waals surface area (Å²) >= 11 is 0. The molecule has 0 aliphatic rings. The molecule has 2 aromatic rings. The molecule has 0 saturated carbocycles. The SMILES string of the molecule is COc1ccc(C(C)NC(=O)c2ccc(S(=O)(=O)N(C)C)cc2)cc1F. The number of rotatable bonds is 6. The van der Waals surface area contributed by atoms with E-state index in [-0.39, 0.29) is 16.6 Å². The molecule has 1 atom stereocenters. The fourth-order valence-electron chi connectivity index (χ4n) is 2.30. The van der Waals surface area contributed by atoms with Crippen LogP contribution in [0.15, 0.2) is 47.4 Å². The quantitative estimate of drug-likeness (QED) is 0.836. The minimum Gasteiger partial charge on any atom is -0.494 e. The van der Waals surface area contributed by atoms with Crippen LogP contribution in [0.5, 0.6) is 5.75 Å². The molecule has 26 heavy (non-hydrogen) atoms. The Balaban J connectivity index is 2.13. The highest BCUT2D eigenvalue weighted by atomic mass is 32.2. The van der Waals surface area contributed by atoms with Gasteiger partial charge in [-0.3, -0.25) is 4.79 Å². The zero-order valence-electron chi connectivity index (χ0n) is 15.0. The fourth-order valence-corrected chi connectivity index (χ4v) is 3.21. The van der Waals surface area contributed by atoms with Gasteiger partial charge < -0.3 is 10.1 Å². The zero-order valence-corrected chi connectivity index (χ0v) is 15.8. The lowest BCUT2D eigenvalue weighted by Gasteiger charge is -2.16. The molecule has 2 aromatic carbocycles. The monoisotopic (exact) mass is 380 g/mol. The van der Waals surface area contributed by atoms with Gasteiger partial charge in [0.15, 0.2) is 11.6 Å². The van der Waals surface area contributed by atoms with Crippen molar-refractivity contribution in [3.8, 4) is 5.75 Å². The summed E-state index contributed by atoms with van der Waals surface area (Å²) in [5.41, 5.74) is 0.895. The average Bonchev–Trinajstić information content (AvgIpc) is 2.61. The van der Waals surface area contributed by atoms with Crippen LogP contribution in [-0.4, -0.2) is 39.8 Å². The van der Waals surface area contributed by atoms with Gasteiger partial charge >= 0.3 is 0 Å². The second-order valence-corrected chi connectivity index (χ2v) is 8.05. The molecule has 0 radical (unpaired) electrons. The van der Waals surface area contributed by atoms with Crippen LogP contribution in [0.2, 0.25) is 0 Å². The molecule has 6 nitrogen and oxygen atoms in total. The molecule has 0 bridgehead atoms. The van der Waals surface area contributed by atoms with Crippen molar-refractivity contribution >= 4 is 15.9 Å². The number of nitrogens with one attached hydrogen (secondary N) is 1. The van der Waals surface area contributed by atoms with Gasteiger partial charge in [-0.05, 0) is 48.9 Å². The van der Waals surface area contributed by atoms with Crippen molar-refractivity contribution in [1.29, 1.82) is 0 Å². The molecule has 0 aliphatic heterocycles. The molecule has 0 heterocycles. The zero-order chi connectivity index (χ0) is 19.5. The molecule has 0 fully saturated rings. The van der Waals surface area contributed by atoms with Crippen molar-refractivity contribution in [2.45, 2.75) is 17.9 Å². The molecule has 2 rings (SSSR count). The van der Waals surface area contributed by atoms with E-state index in [9.17, 15) is 17.6 Å². The summed E-state index contributed by atoms with van der Waals surface area (Å²) in [5, 5.41) is 2.75. The Morgan fingerprint density at radius 3 is 2.27 bits per heavy atom. The van der Waals surface area contributed by atoms with Crippen molar-refractivity contribution in [3.05, 3.63) is 59.4 Å². The Kier molecular flexibility index (Phi) is 5.99. The van der Waals surface area contributed by atoms with Crippen molar-refractivity contribution in [3.63, 3.8) is 0 Å². The van der Waals surface area contributed by atoms with Gasteiger partial charge in [0.1, 0.15) is 0 Å². The maximum Gasteiger partial charge on any atom is 0.251 e. The average molecular weight is 380 g/mol. The van der Waals surface area contributed by atoms with Crippen LogP contribution in [0.1, 0.15) is 28.9 Å². The molecule has 1 amide bonds. The minimum absolute atomic E-state index is 0.101. The van der Waals surface area contributed by atoms with E-state index in [4.69, 9.17) is 4.74 Å². The topological polar surface area (TPSA) is 75.7 Å². The van der Waals surface area contributed by atoms with E-state index in [2.05, 4.69) is 5.32 Å². The first-order valence-electron chi connectivity index (χ1n) is 7.83. The predicted molar refractivity (Wildman–Crippen MR) is 96.1 cm³/mol. The van der Waals surface area contributed by atoms with E-state index in [1.807, 2.05) is 0 Å². The van der Waals surface area contributed by atoms with E-state index in [1.165, 1.54) is 57.6 Å². The van der Waals surface area contributed by atoms with Gasteiger partial charge in [0.05, 0.1) is 18.0 Å². The van der Waals surface area contributed by atoms with Gasteiger partial charge in [-0.2, -0.15) is 0 Å². The van der Waals surface area contributed by atoms with E-state index in [0.717, 1.165) is 4.31 Å². The lowest BCUT2D eigenvalue weighted by molar-refractivity contribution is 0.0939. The summed E-state index contributed by atoms with van der Waals surface area (Å²) in [5.74, 6) is -0.767. The van der Waals surface area contributed by atoms with Crippen LogP contribution in [0.4, 0.5) is 4.39 Å². The van der Waals surface area contributed by atoms with Crippen LogP contribution >= 0.6 is 0 Å². The largest absolute Gasteiger partial charge is 0.494 e. The van der Waals surface area contributed by atoms with E-state index in [1.54, 1.807) is 13.0 Å². The Morgan fingerprint density at radius 1 is 1.15 bits per heavy atom. The number of carbonyl (C=O) groups is 1. The highest BCUT2D eigenvalue weighted by Crippen LogP contribution is 2.22. The first kappa shape index (κ1) is 19.9. The predicted octanol–water partition coefficient (Wildman–Crippen LogP) is 2.58. The molecular weight excluding hydrogens is 359 g/mol. The van der Waals surface area contributed by atoms with Crippen LogP contribution in [-0.2, 0) is 10.0 Å². The second kappa shape index (κ2) is 7.84. The minimum atomic E-state index is -3.55. The molecular formula is C18H21FN2O4S. The molecule has 140 valence electrons. The summed E-state index contributed by atoms with van der Waals surface area (Å²) in [7, 11) is 0.702. The summed E-state index contributed by atoms with van der Waals surface area (Å²) in [4.78, 5) is 12.4. The Bertz CT molecular complexity index is 896. The van der Waals surface area contributed by atoms with Gasteiger partial charge in [-0.25, -0.2) is 17.1 Å². The number of nitrogens with zero attached hydrogens (tertiary/aromatic N) is 1. The molecule has 1 N–H and O–H groups in total. The molecule has 0 spiro atoms. The first-order valence-corrected chi connectivity index (χ1v) is 9.27. The summed E-state index contributed by atoms with van der Waals surface area (Å²) < 4.78 is 43.8. The van der Waals surface area contributed by atoms with Gasteiger partial charge in [0, 0.05) is 19.7 Å². The van der Waals surface area contributed by atoms with Crippen molar-refractivity contribution in [2.75, 3.05) is 21.2 Å². The van der Waals surface area contributed by atoms with Gasteiger partial charge in [-0.15, -0.1) is 0 Å². The maximum atomic E-state index is 13.8. The summed E-state index contributed by atoms with van der Waals surface area (Å²) in [6, 6.07) is 9.65.